The number of ether oxygens (including phenoxy) is 1. The number of hydrogen-bond acceptors (Lipinski definition) is 3. The third-order valence-corrected chi connectivity index (χ3v) is 9.16. The molecule has 0 radical (unpaired) electrons. The van der Waals surface area contributed by atoms with Crippen LogP contribution in [-0.2, 0) is 9.53 Å². The van der Waals surface area contributed by atoms with E-state index in [9.17, 15) is 9.90 Å². The Morgan fingerprint density at radius 1 is 1.04 bits per heavy atom. The summed E-state index contributed by atoms with van der Waals surface area (Å²) in [7, 11) is 0. The van der Waals surface area contributed by atoms with Crippen LogP contribution in [-0.4, -0.2) is 23.3 Å². The molecule has 3 nitrogen and oxygen atoms in total. The first-order valence-corrected chi connectivity index (χ1v) is 10.6. The van der Waals surface area contributed by atoms with Crippen LogP contribution in [0.4, 0.5) is 0 Å². The maximum absolute atomic E-state index is 11.4. The van der Waals surface area contributed by atoms with E-state index in [-0.39, 0.29) is 34.9 Å². The predicted octanol–water partition coefficient (Wildman–Crippen LogP) is 4.18. The van der Waals surface area contributed by atoms with Crippen LogP contribution in [0.3, 0.4) is 0 Å². The predicted molar refractivity (Wildman–Crippen MR) is 101 cm³/mol. The zero-order valence-electron chi connectivity index (χ0n) is 16.5. The molecule has 0 aliphatic heterocycles. The quantitative estimate of drug-likeness (QED) is 0.565. The Balaban J connectivity index is 1.62. The fourth-order valence-corrected chi connectivity index (χ4v) is 7.80. The summed E-state index contributed by atoms with van der Waals surface area (Å²) in [4.78, 5) is 11.4. The minimum atomic E-state index is -0.169. The van der Waals surface area contributed by atoms with Crippen LogP contribution in [0.2, 0.25) is 0 Å². The number of fused-ring (bicyclic) bond motifs is 5. The SMILES string of the molecule is C#C[C@@H]1C[C@@H]2[C@H](CC[C@]3(C)[C@@H](O)CC[C@@H]23)[C@@]2(C)CC[C@H](OC(C)=O)C[C@H]12. The average molecular weight is 359 g/mol. The Labute approximate surface area is 158 Å². The Bertz CT molecular complexity index is 621. The van der Waals surface area contributed by atoms with Crippen LogP contribution in [0, 0.1) is 52.8 Å². The zero-order chi connectivity index (χ0) is 18.7. The molecule has 4 rings (SSSR count). The van der Waals surface area contributed by atoms with Gasteiger partial charge < -0.3 is 9.84 Å². The van der Waals surface area contributed by atoms with Crippen molar-refractivity contribution in [1.82, 2.24) is 0 Å². The van der Waals surface area contributed by atoms with Crippen LogP contribution in [0.1, 0.15) is 72.1 Å². The lowest BCUT2D eigenvalue weighted by Gasteiger charge is -2.62. The number of hydrogen-bond donors (Lipinski definition) is 1. The minimum Gasteiger partial charge on any atom is -0.463 e. The Kier molecular flexibility index (Phi) is 4.42. The number of aliphatic hydroxyl groups is 1. The lowest BCUT2D eigenvalue weighted by molar-refractivity contribution is -0.166. The molecule has 0 spiro atoms. The molecule has 0 aromatic carbocycles. The summed E-state index contributed by atoms with van der Waals surface area (Å²) in [5, 5.41) is 10.6. The van der Waals surface area contributed by atoms with E-state index in [4.69, 9.17) is 11.2 Å². The second-order valence-corrected chi connectivity index (χ2v) is 10.1. The molecule has 0 bridgehead atoms. The molecule has 3 heteroatoms. The molecule has 9 atom stereocenters. The van der Waals surface area contributed by atoms with Gasteiger partial charge in [-0.1, -0.05) is 13.8 Å². The number of carbonyl (C=O) groups is 1. The van der Waals surface area contributed by atoms with Crippen molar-refractivity contribution in [2.24, 2.45) is 40.4 Å². The number of terminal acetylenes is 1. The molecule has 4 fully saturated rings. The number of carbonyl (C=O) groups excluding carboxylic acids is 1. The van der Waals surface area contributed by atoms with Crippen LogP contribution in [0.5, 0.6) is 0 Å². The lowest BCUT2D eigenvalue weighted by atomic mass is 9.43. The third-order valence-electron chi connectivity index (χ3n) is 9.16. The van der Waals surface area contributed by atoms with Gasteiger partial charge in [-0.25, -0.2) is 0 Å². The van der Waals surface area contributed by atoms with Crippen molar-refractivity contribution in [3.05, 3.63) is 0 Å². The smallest absolute Gasteiger partial charge is 0.302 e. The normalized spacial score (nSPS) is 53.0. The standard InChI is InChI=1S/C23H34O3/c1-5-15-12-17-18-6-7-21(25)23(18,4)11-9-19(17)22(3)10-8-16(13-20(15)22)26-14(2)24/h1,15-21,25H,6-13H2,2-4H3/t15-,16+,17+,18+,19+,20-,21+,22-,23+/m1/s1. The summed E-state index contributed by atoms with van der Waals surface area (Å²) in [5.74, 6) is 5.69. The van der Waals surface area contributed by atoms with E-state index < -0.39 is 0 Å². The number of rotatable bonds is 1. The van der Waals surface area contributed by atoms with Gasteiger partial charge in [-0.3, -0.25) is 4.79 Å². The maximum Gasteiger partial charge on any atom is 0.302 e. The zero-order valence-corrected chi connectivity index (χ0v) is 16.5. The highest BCUT2D eigenvalue weighted by atomic mass is 16.5. The van der Waals surface area contributed by atoms with Crippen molar-refractivity contribution < 1.29 is 14.6 Å². The number of aliphatic hydroxyl groups excluding tert-OH is 1. The first-order chi connectivity index (χ1) is 12.3. The first-order valence-electron chi connectivity index (χ1n) is 10.6. The van der Waals surface area contributed by atoms with Gasteiger partial charge in [0.05, 0.1) is 6.10 Å². The van der Waals surface area contributed by atoms with E-state index in [2.05, 4.69) is 19.8 Å². The van der Waals surface area contributed by atoms with Gasteiger partial charge in [-0.15, -0.1) is 12.3 Å². The highest BCUT2D eigenvalue weighted by Crippen LogP contribution is 2.67. The van der Waals surface area contributed by atoms with Crippen molar-refractivity contribution in [2.45, 2.75) is 84.3 Å². The molecule has 1 N–H and O–H groups in total. The van der Waals surface area contributed by atoms with Gasteiger partial charge in [0, 0.05) is 12.8 Å². The summed E-state index contributed by atoms with van der Waals surface area (Å²) >= 11 is 0. The van der Waals surface area contributed by atoms with Crippen LogP contribution >= 0.6 is 0 Å². The Hall–Kier alpha value is -1.01. The van der Waals surface area contributed by atoms with E-state index >= 15 is 0 Å². The molecule has 0 aromatic rings. The van der Waals surface area contributed by atoms with E-state index in [1.54, 1.807) is 0 Å². The van der Waals surface area contributed by atoms with E-state index in [1.165, 1.54) is 13.3 Å². The second kappa shape index (κ2) is 6.26. The van der Waals surface area contributed by atoms with Crippen molar-refractivity contribution in [2.75, 3.05) is 0 Å². The average Bonchev–Trinajstić information content (AvgIpc) is 2.89. The van der Waals surface area contributed by atoms with Gasteiger partial charge >= 0.3 is 5.97 Å². The maximum atomic E-state index is 11.4. The summed E-state index contributed by atoms with van der Waals surface area (Å²) in [6.07, 6.45) is 14.5. The topological polar surface area (TPSA) is 46.5 Å². The molecule has 0 heterocycles. The summed E-state index contributed by atoms with van der Waals surface area (Å²) in [6.45, 7) is 6.30. The van der Waals surface area contributed by atoms with Gasteiger partial charge in [0.2, 0.25) is 0 Å². The van der Waals surface area contributed by atoms with Crippen molar-refractivity contribution in [1.29, 1.82) is 0 Å². The van der Waals surface area contributed by atoms with E-state index in [1.807, 2.05) is 0 Å². The molecule has 4 aliphatic rings. The van der Waals surface area contributed by atoms with Gasteiger partial charge in [0.15, 0.2) is 0 Å². The summed E-state index contributed by atoms with van der Waals surface area (Å²) in [6, 6.07) is 0. The first kappa shape index (κ1) is 18.4. The molecule has 4 saturated carbocycles. The lowest BCUT2D eigenvalue weighted by Crippen LogP contribution is -2.57. The number of esters is 1. The molecule has 0 aromatic heterocycles. The molecular weight excluding hydrogens is 324 g/mol. The molecule has 0 saturated heterocycles. The molecule has 0 amide bonds. The molecular formula is C23H34O3. The Morgan fingerprint density at radius 3 is 2.42 bits per heavy atom. The largest absolute Gasteiger partial charge is 0.463 e. The molecule has 26 heavy (non-hydrogen) atoms. The minimum absolute atomic E-state index is 0.0418. The van der Waals surface area contributed by atoms with Crippen LogP contribution < -0.4 is 0 Å². The van der Waals surface area contributed by atoms with Gasteiger partial charge in [0.25, 0.3) is 0 Å². The fourth-order valence-electron chi connectivity index (χ4n) is 7.80. The highest BCUT2D eigenvalue weighted by Gasteiger charge is 2.62. The van der Waals surface area contributed by atoms with Crippen LogP contribution in [0.15, 0.2) is 0 Å². The van der Waals surface area contributed by atoms with Gasteiger partial charge in [0.1, 0.15) is 6.10 Å². The van der Waals surface area contributed by atoms with Crippen molar-refractivity contribution in [3.63, 3.8) is 0 Å². The summed E-state index contributed by atoms with van der Waals surface area (Å²) in [5.41, 5.74) is 0.351. The van der Waals surface area contributed by atoms with Gasteiger partial charge in [-0.2, -0.15) is 0 Å². The monoisotopic (exact) mass is 358 g/mol. The molecule has 144 valence electrons. The van der Waals surface area contributed by atoms with Crippen molar-refractivity contribution in [3.8, 4) is 12.3 Å². The molecule has 0 unspecified atom stereocenters. The molecule has 4 aliphatic carbocycles. The fraction of sp³-hybridized carbons (Fsp3) is 0.870. The van der Waals surface area contributed by atoms with E-state index in [0.717, 1.165) is 44.9 Å². The Morgan fingerprint density at radius 2 is 1.73 bits per heavy atom. The van der Waals surface area contributed by atoms with Gasteiger partial charge in [-0.05, 0) is 85.9 Å². The van der Waals surface area contributed by atoms with E-state index in [0.29, 0.717) is 23.7 Å². The summed E-state index contributed by atoms with van der Waals surface area (Å²) < 4.78 is 5.57. The van der Waals surface area contributed by atoms with Crippen LogP contribution in [0.25, 0.3) is 0 Å². The highest BCUT2D eigenvalue weighted by molar-refractivity contribution is 5.66. The van der Waals surface area contributed by atoms with Crippen molar-refractivity contribution >= 4 is 5.97 Å². The second-order valence-electron chi connectivity index (χ2n) is 10.1. The third kappa shape index (κ3) is 2.55.